The number of ether oxygens (including phenoxy) is 1. The van der Waals surface area contributed by atoms with Crippen molar-refractivity contribution in [3.8, 4) is 11.5 Å². The van der Waals surface area contributed by atoms with E-state index in [1.807, 2.05) is 0 Å². The summed E-state index contributed by atoms with van der Waals surface area (Å²) in [6.45, 7) is 6.43. The van der Waals surface area contributed by atoms with Gasteiger partial charge in [0, 0.05) is 0 Å². The minimum Gasteiger partial charge on any atom is -0.465 e. The van der Waals surface area contributed by atoms with Crippen LogP contribution in [-0.4, -0.2) is 26.4 Å². The summed E-state index contributed by atoms with van der Waals surface area (Å²) >= 11 is 0. The van der Waals surface area contributed by atoms with Crippen molar-refractivity contribution in [1.82, 2.24) is 0 Å². The first kappa shape index (κ1) is 11.0. The van der Waals surface area contributed by atoms with Crippen molar-refractivity contribution in [3.05, 3.63) is 0 Å². The number of esters is 1. The Kier molecular flexibility index (Phi) is 3.12. The maximum absolute atomic E-state index is 11.5. The smallest absolute Gasteiger partial charge is 0.306 e. The van der Waals surface area contributed by atoms with Gasteiger partial charge < -0.3 is 4.74 Å². The number of rotatable bonds is 1. The molecule has 1 fully saturated rings. The van der Waals surface area contributed by atoms with Gasteiger partial charge in [0.05, 0.1) is 12.3 Å². The monoisotopic (exact) mass is 210 g/mol. The van der Waals surface area contributed by atoms with Crippen LogP contribution in [0.3, 0.4) is 0 Å². The molecule has 1 atom stereocenters. The second kappa shape index (κ2) is 3.97. The number of carbonyl (C=O) groups excluding carboxylic acids is 2. The first-order valence-electron chi connectivity index (χ1n) is 4.61. The SMILES string of the molecule is C[Si](C)(C)C#CC(=O)C1COC(=O)C1. The number of hydrogen-bond donors (Lipinski definition) is 0. The van der Waals surface area contributed by atoms with Gasteiger partial charge in [0.15, 0.2) is 0 Å². The molecule has 0 amide bonds. The molecule has 0 spiro atoms. The van der Waals surface area contributed by atoms with E-state index in [4.69, 9.17) is 4.74 Å². The Labute approximate surface area is 84.8 Å². The van der Waals surface area contributed by atoms with E-state index < -0.39 is 8.07 Å². The molecule has 0 saturated carbocycles. The molecule has 14 heavy (non-hydrogen) atoms. The topological polar surface area (TPSA) is 43.4 Å². The van der Waals surface area contributed by atoms with Crippen LogP contribution < -0.4 is 0 Å². The molecule has 0 aliphatic carbocycles. The molecule has 0 bridgehead atoms. The molecule has 1 unspecified atom stereocenters. The van der Waals surface area contributed by atoms with Crippen LogP contribution in [0.5, 0.6) is 0 Å². The highest BCUT2D eigenvalue weighted by atomic mass is 28.3. The lowest BCUT2D eigenvalue weighted by atomic mass is 10.0. The molecule has 4 heteroatoms. The maximum atomic E-state index is 11.5. The van der Waals surface area contributed by atoms with Crippen LogP contribution in [-0.2, 0) is 14.3 Å². The lowest BCUT2D eigenvalue weighted by Crippen LogP contribution is -2.19. The second-order valence-corrected chi connectivity index (χ2v) is 9.20. The lowest BCUT2D eigenvalue weighted by Gasteiger charge is -2.03. The van der Waals surface area contributed by atoms with Gasteiger partial charge >= 0.3 is 5.97 Å². The Hall–Kier alpha value is -1.08. The van der Waals surface area contributed by atoms with Gasteiger partial charge in [0.2, 0.25) is 5.78 Å². The average Bonchev–Trinajstić information content (AvgIpc) is 2.46. The molecule has 0 radical (unpaired) electrons. The van der Waals surface area contributed by atoms with Crippen molar-refractivity contribution in [1.29, 1.82) is 0 Å². The quantitative estimate of drug-likeness (QED) is 0.368. The van der Waals surface area contributed by atoms with Gasteiger partial charge in [0.25, 0.3) is 0 Å². The predicted octanol–water partition coefficient (Wildman–Crippen LogP) is 0.999. The molecule has 0 aromatic carbocycles. The zero-order valence-corrected chi connectivity index (χ0v) is 9.72. The summed E-state index contributed by atoms with van der Waals surface area (Å²) in [4.78, 5) is 22.2. The number of ketones is 1. The van der Waals surface area contributed by atoms with Crippen molar-refractivity contribution in [3.63, 3.8) is 0 Å². The molecule has 76 valence electrons. The molecule has 1 heterocycles. The van der Waals surface area contributed by atoms with E-state index in [2.05, 4.69) is 31.1 Å². The summed E-state index contributed by atoms with van der Waals surface area (Å²) in [5.74, 6) is 1.85. The van der Waals surface area contributed by atoms with Crippen molar-refractivity contribution in [2.24, 2.45) is 5.92 Å². The van der Waals surface area contributed by atoms with Crippen LogP contribution in [0.1, 0.15) is 6.42 Å². The second-order valence-electron chi connectivity index (χ2n) is 4.45. The van der Waals surface area contributed by atoms with Crippen LogP contribution >= 0.6 is 0 Å². The molecular formula is C10H14O3Si. The minimum absolute atomic E-state index is 0.154. The van der Waals surface area contributed by atoms with Gasteiger partial charge in [-0.2, -0.15) is 0 Å². The molecule has 0 N–H and O–H groups in total. The first-order chi connectivity index (χ1) is 6.38. The Morgan fingerprint density at radius 2 is 2.14 bits per heavy atom. The van der Waals surface area contributed by atoms with Crippen molar-refractivity contribution in [2.75, 3.05) is 6.61 Å². The van der Waals surface area contributed by atoms with Gasteiger partial charge in [0.1, 0.15) is 14.7 Å². The van der Waals surface area contributed by atoms with Gasteiger partial charge in [-0.1, -0.05) is 19.6 Å². The van der Waals surface area contributed by atoms with E-state index >= 15 is 0 Å². The van der Waals surface area contributed by atoms with Crippen molar-refractivity contribution >= 4 is 19.8 Å². The molecule has 3 nitrogen and oxygen atoms in total. The summed E-state index contributed by atoms with van der Waals surface area (Å²) in [6.07, 6.45) is 0.194. The molecule has 1 aliphatic rings. The Balaban J connectivity index is 2.58. The predicted molar refractivity (Wildman–Crippen MR) is 55.2 cm³/mol. The van der Waals surface area contributed by atoms with Crippen molar-refractivity contribution in [2.45, 2.75) is 26.1 Å². The number of carbonyl (C=O) groups is 2. The summed E-state index contributed by atoms with van der Waals surface area (Å²) in [5.41, 5.74) is 2.99. The van der Waals surface area contributed by atoms with E-state index in [-0.39, 0.29) is 30.7 Å². The van der Waals surface area contributed by atoms with Crippen LogP contribution in [0.25, 0.3) is 0 Å². The third-order valence-electron chi connectivity index (χ3n) is 1.79. The summed E-state index contributed by atoms with van der Waals surface area (Å²) in [6, 6.07) is 0. The van der Waals surface area contributed by atoms with E-state index in [1.165, 1.54) is 0 Å². The molecule has 1 aliphatic heterocycles. The Bertz CT molecular complexity index is 316. The number of cyclic esters (lactones) is 1. The van der Waals surface area contributed by atoms with Gasteiger partial charge in [-0.05, 0) is 5.92 Å². The van der Waals surface area contributed by atoms with E-state index in [1.54, 1.807) is 0 Å². The molecule has 1 saturated heterocycles. The fourth-order valence-electron chi connectivity index (χ4n) is 1.03. The standard InChI is InChI=1S/C10H14O3Si/c1-14(2,3)5-4-9(11)8-6-10(12)13-7-8/h8H,6-7H2,1-3H3. The normalized spacial score (nSPS) is 21.1. The summed E-state index contributed by atoms with van der Waals surface area (Å²) in [5, 5.41) is 0. The van der Waals surface area contributed by atoms with E-state index in [0.717, 1.165) is 0 Å². The van der Waals surface area contributed by atoms with E-state index in [0.29, 0.717) is 0 Å². The van der Waals surface area contributed by atoms with Crippen LogP contribution in [0.2, 0.25) is 19.6 Å². The zero-order valence-electron chi connectivity index (χ0n) is 8.72. The fourth-order valence-corrected chi connectivity index (χ4v) is 1.53. The molecule has 0 aromatic heterocycles. The minimum atomic E-state index is -1.50. The molecule has 1 rings (SSSR count). The van der Waals surface area contributed by atoms with Gasteiger partial charge in [-0.3, -0.25) is 9.59 Å². The number of hydrogen-bond acceptors (Lipinski definition) is 3. The third-order valence-corrected chi connectivity index (χ3v) is 2.67. The van der Waals surface area contributed by atoms with Gasteiger partial charge in [-0.15, -0.1) is 5.54 Å². The van der Waals surface area contributed by atoms with E-state index in [9.17, 15) is 9.59 Å². The highest BCUT2D eigenvalue weighted by Crippen LogP contribution is 2.14. The summed E-state index contributed by atoms with van der Waals surface area (Å²) < 4.78 is 4.70. The van der Waals surface area contributed by atoms with Crippen LogP contribution in [0.4, 0.5) is 0 Å². The number of Topliss-reactive ketones (excluding diaryl/α,β-unsaturated/α-hetero) is 1. The van der Waals surface area contributed by atoms with Gasteiger partial charge in [-0.25, -0.2) is 0 Å². The largest absolute Gasteiger partial charge is 0.465 e. The van der Waals surface area contributed by atoms with Crippen LogP contribution in [0.15, 0.2) is 0 Å². The lowest BCUT2D eigenvalue weighted by molar-refractivity contribution is -0.137. The Morgan fingerprint density at radius 3 is 2.57 bits per heavy atom. The molecular weight excluding hydrogens is 196 g/mol. The van der Waals surface area contributed by atoms with Crippen LogP contribution in [0, 0.1) is 17.4 Å². The Morgan fingerprint density at radius 1 is 1.50 bits per heavy atom. The fraction of sp³-hybridized carbons (Fsp3) is 0.600. The first-order valence-corrected chi connectivity index (χ1v) is 8.11. The average molecular weight is 210 g/mol. The molecule has 0 aromatic rings. The highest BCUT2D eigenvalue weighted by Gasteiger charge is 2.28. The third kappa shape index (κ3) is 3.34. The van der Waals surface area contributed by atoms with Crippen molar-refractivity contribution < 1.29 is 14.3 Å². The summed E-state index contributed by atoms with van der Waals surface area (Å²) in [7, 11) is -1.50. The zero-order chi connectivity index (χ0) is 10.8. The maximum Gasteiger partial charge on any atom is 0.306 e. The highest BCUT2D eigenvalue weighted by molar-refractivity contribution is 6.84.